The Kier molecular flexibility index (Phi) is 8.27. The second kappa shape index (κ2) is 10.9. The van der Waals surface area contributed by atoms with Crippen LogP contribution in [0.3, 0.4) is 0 Å². The standard InChI is InChI=1S/C22H22O5/c1-26-22(25)16-27-15-21(24)20(23)14-5-3-2-4-9-17-11-8-12-18-10-6-7-13-19(17)18/h2-3,5-8,10-14,20-21,23-24H,15-16H2,1H3/b3-2+,14-5+/t20-,21+/m1/s1. The van der Waals surface area contributed by atoms with E-state index >= 15 is 0 Å². The molecule has 5 nitrogen and oxygen atoms in total. The lowest BCUT2D eigenvalue weighted by molar-refractivity contribution is -0.147. The van der Waals surface area contributed by atoms with Crippen LogP contribution in [0.25, 0.3) is 10.8 Å². The highest BCUT2D eigenvalue weighted by Gasteiger charge is 2.13. The molecule has 2 aromatic rings. The molecule has 27 heavy (non-hydrogen) atoms. The van der Waals surface area contributed by atoms with Gasteiger partial charge in [0.2, 0.25) is 0 Å². The molecule has 0 aliphatic heterocycles. The Morgan fingerprint density at radius 2 is 1.93 bits per heavy atom. The topological polar surface area (TPSA) is 76.0 Å². The van der Waals surface area contributed by atoms with Gasteiger partial charge in [0.1, 0.15) is 18.8 Å². The van der Waals surface area contributed by atoms with Crippen LogP contribution in [0.1, 0.15) is 5.56 Å². The molecule has 0 aliphatic rings. The van der Waals surface area contributed by atoms with Crippen molar-refractivity contribution in [1.82, 2.24) is 0 Å². The van der Waals surface area contributed by atoms with Gasteiger partial charge in [0.05, 0.1) is 13.7 Å². The number of fused-ring (bicyclic) bond motifs is 1. The van der Waals surface area contributed by atoms with Crippen molar-refractivity contribution in [2.75, 3.05) is 20.3 Å². The predicted molar refractivity (Wildman–Crippen MR) is 104 cm³/mol. The minimum atomic E-state index is -1.14. The zero-order valence-electron chi connectivity index (χ0n) is 15.0. The van der Waals surface area contributed by atoms with Gasteiger partial charge in [0, 0.05) is 5.56 Å². The van der Waals surface area contributed by atoms with Gasteiger partial charge in [-0.2, -0.15) is 0 Å². The molecule has 0 radical (unpaired) electrons. The van der Waals surface area contributed by atoms with Crippen LogP contribution >= 0.6 is 0 Å². The molecular weight excluding hydrogens is 344 g/mol. The largest absolute Gasteiger partial charge is 0.467 e. The first-order chi connectivity index (χ1) is 13.1. The molecule has 0 unspecified atom stereocenters. The van der Waals surface area contributed by atoms with Gasteiger partial charge >= 0.3 is 5.97 Å². The molecule has 2 rings (SSSR count). The van der Waals surface area contributed by atoms with Gasteiger partial charge in [-0.15, -0.1) is 0 Å². The van der Waals surface area contributed by atoms with Crippen molar-refractivity contribution in [3.63, 3.8) is 0 Å². The van der Waals surface area contributed by atoms with Crippen LogP contribution < -0.4 is 0 Å². The molecule has 0 saturated heterocycles. The van der Waals surface area contributed by atoms with Gasteiger partial charge in [-0.05, 0) is 22.9 Å². The maximum Gasteiger partial charge on any atom is 0.331 e. The highest BCUT2D eigenvalue weighted by molar-refractivity contribution is 5.88. The van der Waals surface area contributed by atoms with E-state index in [0.717, 1.165) is 16.3 Å². The third-order valence-corrected chi connectivity index (χ3v) is 3.73. The summed E-state index contributed by atoms with van der Waals surface area (Å²) in [6.45, 7) is -0.446. The number of hydrogen-bond donors (Lipinski definition) is 2. The minimum absolute atomic E-state index is 0.175. The first-order valence-electron chi connectivity index (χ1n) is 8.45. The molecule has 0 bridgehead atoms. The fourth-order valence-corrected chi connectivity index (χ4v) is 2.28. The summed E-state index contributed by atoms with van der Waals surface area (Å²) in [5.74, 6) is 5.50. The van der Waals surface area contributed by atoms with Crippen LogP contribution in [0, 0.1) is 11.8 Å². The molecule has 0 saturated carbocycles. The number of carbonyl (C=O) groups excluding carboxylic acids is 1. The first kappa shape index (κ1) is 20.4. The monoisotopic (exact) mass is 366 g/mol. The van der Waals surface area contributed by atoms with E-state index in [1.165, 1.54) is 13.2 Å². The number of ether oxygens (including phenoxy) is 2. The normalized spacial score (nSPS) is 13.4. The summed E-state index contributed by atoms with van der Waals surface area (Å²) < 4.78 is 9.35. The average Bonchev–Trinajstić information content (AvgIpc) is 2.70. The number of allylic oxidation sites excluding steroid dienone is 3. The Bertz CT molecular complexity index is 868. The fourth-order valence-electron chi connectivity index (χ4n) is 2.28. The Balaban J connectivity index is 1.85. The van der Waals surface area contributed by atoms with E-state index in [2.05, 4.69) is 16.6 Å². The zero-order valence-corrected chi connectivity index (χ0v) is 15.0. The number of aliphatic hydroxyl groups is 2. The molecule has 0 spiro atoms. The molecule has 0 aromatic heterocycles. The number of benzene rings is 2. The van der Waals surface area contributed by atoms with Crippen molar-refractivity contribution < 1.29 is 24.5 Å². The fraction of sp³-hybridized carbons (Fsp3) is 0.227. The van der Waals surface area contributed by atoms with Crippen LogP contribution in [0.4, 0.5) is 0 Å². The SMILES string of the molecule is COC(=O)COC[C@H](O)[C@H](O)/C=C/C=C/C#Cc1cccc2ccccc12. The Morgan fingerprint density at radius 1 is 1.15 bits per heavy atom. The summed E-state index contributed by atoms with van der Waals surface area (Å²) in [5.41, 5.74) is 0.944. The summed E-state index contributed by atoms with van der Waals surface area (Å²) in [5, 5.41) is 21.8. The van der Waals surface area contributed by atoms with E-state index in [9.17, 15) is 15.0 Å². The van der Waals surface area contributed by atoms with Gasteiger partial charge in [0.15, 0.2) is 0 Å². The number of aliphatic hydroxyl groups excluding tert-OH is 2. The second-order valence-corrected chi connectivity index (χ2v) is 5.69. The van der Waals surface area contributed by atoms with E-state index in [4.69, 9.17) is 4.74 Å². The van der Waals surface area contributed by atoms with Crippen molar-refractivity contribution in [2.24, 2.45) is 0 Å². The summed E-state index contributed by atoms with van der Waals surface area (Å²) in [6.07, 6.45) is 4.09. The first-order valence-corrected chi connectivity index (χ1v) is 8.45. The molecule has 0 amide bonds. The van der Waals surface area contributed by atoms with E-state index < -0.39 is 18.2 Å². The van der Waals surface area contributed by atoms with Gasteiger partial charge < -0.3 is 19.7 Å². The van der Waals surface area contributed by atoms with E-state index in [-0.39, 0.29) is 13.2 Å². The molecule has 0 aliphatic carbocycles. The van der Waals surface area contributed by atoms with Gasteiger partial charge in [0.25, 0.3) is 0 Å². The lowest BCUT2D eigenvalue weighted by Gasteiger charge is -2.13. The Labute approximate surface area is 158 Å². The van der Waals surface area contributed by atoms with Crippen molar-refractivity contribution in [3.8, 4) is 11.8 Å². The summed E-state index contributed by atoms with van der Waals surface area (Å²) >= 11 is 0. The lowest BCUT2D eigenvalue weighted by Crippen LogP contribution is -2.30. The highest BCUT2D eigenvalue weighted by Crippen LogP contribution is 2.17. The number of esters is 1. The average molecular weight is 366 g/mol. The quantitative estimate of drug-likeness (QED) is 0.446. The Hall–Kier alpha value is -2.91. The van der Waals surface area contributed by atoms with E-state index in [1.54, 1.807) is 18.2 Å². The maximum atomic E-state index is 10.9. The number of carbonyl (C=O) groups is 1. The summed E-state index contributed by atoms with van der Waals surface area (Å²) in [4.78, 5) is 10.9. The number of hydrogen-bond acceptors (Lipinski definition) is 5. The van der Waals surface area contributed by atoms with Crippen molar-refractivity contribution in [2.45, 2.75) is 12.2 Å². The highest BCUT2D eigenvalue weighted by atomic mass is 16.6. The third kappa shape index (κ3) is 6.72. The number of rotatable bonds is 7. The number of methoxy groups -OCH3 is 1. The Morgan fingerprint density at radius 3 is 2.74 bits per heavy atom. The minimum Gasteiger partial charge on any atom is -0.467 e. The van der Waals surface area contributed by atoms with E-state index in [1.807, 2.05) is 42.5 Å². The van der Waals surface area contributed by atoms with Gasteiger partial charge in [-0.1, -0.05) is 66.5 Å². The van der Waals surface area contributed by atoms with Gasteiger partial charge in [-0.25, -0.2) is 4.79 Å². The summed E-state index contributed by atoms with van der Waals surface area (Å²) in [7, 11) is 1.25. The molecule has 5 heteroatoms. The smallest absolute Gasteiger partial charge is 0.331 e. The molecule has 0 heterocycles. The van der Waals surface area contributed by atoms with E-state index in [0.29, 0.717) is 0 Å². The molecular formula is C22H22O5. The van der Waals surface area contributed by atoms with Crippen LogP contribution in [-0.2, 0) is 14.3 Å². The van der Waals surface area contributed by atoms with Crippen molar-refractivity contribution >= 4 is 16.7 Å². The molecule has 140 valence electrons. The van der Waals surface area contributed by atoms with Gasteiger partial charge in [-0.3, -0.25) is 0 Å². The molecule has 2 atom stereocenters. The van der Waals surface area contributed by atoms with Crippen molar-refractivity contribution in [3.05, 3.63) is 72.3 Å². The zero-order chi connectivity index (χ0) is 19.5. The van der Waals surface area contributed by atoms with Crippen LogP contribution in [0.5, 0.6) is 0 Å². The summed E-state index contributed by atoms with van der Waals surface area (Å²) in [6, 6.07) is 14.0. The van der Waals surface area contributed by atoms with Crippen LogP contribution in [-0.4, -0.2) is 48.7 Å². The predicted octanol–water partition coefficient (Wildman–Crippen LogP) is 2.22. The molecule has 0 fully saturated rings. The second-order valence-electron chi connectivity index (χ2n) is 5.69. The van der Waals surface area contributed by atoms with Crippen LogP contribution in [0.15, 0.2) is 66.8 Å². The third-order valence-electron chi connectivity index (χ3n) is 3.73. The molecule has 2 aromatic carbocycles. The van der Waals surface area contributed by atoms with Crippen LogP contribution in [0.2, 0.25) is 0 Å². The maximum absolute atomic E-state index is 10.9. The molecule has 2 N–H and O–H groups in total. The van der Waals surface area contributed by atoms with Crippen molar-refractivity contribution in [1.29, 1.82) is 0 Å². The lowest BCUT2D eigenvalue weighted by atomic mass is 10.1.